The molecule has 0 aromatic carbocycles. The number of hydrogen-bond acceptors (Lipinski definition) is 3. The fraction of sp³-hybridized carbons (Fsp3) is 0.500. The fourth-order valence-corrected chi connectivity index (χ4v) is 0.258. The van der Waals surface area contributed by atoms with Gasteiger partial charge in [-0.15, -0.1) is 0 Å². The van der Waals surface area contributed by atoms with E-state index in [2.05, 4.69) is 22.7 Å². The van der Waals surface area contributed by atoms with Crippen LogP contribution in [0.1, 0.15) is 0 Å². The van der Waals surface area contributed by atoms with Gasteiger partial charge in [0.2, 0.25) is 7.41 Å². The van der Waals surface area contributed by atoms with E-state index in [1.54, 1.807) is 0 Å². The summed E-state index contributed by atoms with van der Waals surface area (Å²) in [5, 5.41) is 5.72. The number of hydrazine groups is 1. The van der Waals surface area contributed by atoms with Crippen molar-refractivity contribution in [1.29, 1.82) is 0 Å². The Kier molecular flexibility index (Phi) is 4.16. The van der Waals surface area contributed by atoms with Gasteiger partial charge in [-0.3, -0.25) is 5.34 Å². The number of nitrogens with one attached hydrogen (secondary N) is 3. The van der Waals surface area contributed by atoms with Crippen LogP contribution in [0.5, 0.6) is 0 Å². The summed E-state index contributed by atoms with van der Waals surface area (Å²) in [6.07, 6.45) is 0. The summed E-state index contributed by atoms with van der Waals surface area (Å²) >= 11 is 0. The molecule has 0 fully saturated rings. The van der Waals surface area contributed by atoms with E-state index >= 15 is 0 Å². The summed E-state index contributed by atoms with van der Waals surface area (Å²) < 4.78 is 0. The first-order valence-electron chi connectivity index (χ1n) is 2.66. The maximum absolute atomic E-state index is 3.63. The molecule has 0 spiro atoms. The minimum Gasteiger partial charge on any atom is -0.374 e. The van der Waals surface area contributed by atoms with Crippen molar-refractivity contribution in [3.63, 3.8) is 0 Å². The Hall–Kier alpha value is -0.635. The Bertz CT molecular complexity index is 73.7. The second-order valence-electron chi connectivity index (χ2n) is 1.38. The van der Waals surface area contributed by atoms with Crippen LogP contribution < -0.4 is 16.1 Å². The van der Waals surface area contributed by atoms with Crippen LogP contribution in [0, 0.1) is 0 Å². The van der Waals surface area contributed by atoms with Crippen LogP contribution in [0.25, 0.3) is 0 Å². The molecule has 0 rings (SSSR count). The minimum atomic E-state index is 0.784. The van der Waals surface area contributed by atoms with Gasteiger partial charge in [0.05, 0.1) is 0 Å². The zero-order valence-corrected chi connectivity index (χ0v) is 5.41. The van der Waals surface area contributed by atoms with Gasteiger partial charge in [0, 0.05) is 7.05 Å². The van der Waals surface area contributed by atoms with Crippen LogP contribution in [-0.4, -0.2) is 14.5 Å². The molecule has 46 valence electrons. The fourth-order valence-electron chi connectivity index (χ4n) is 0.258. The summed E-state index contributed by atoms with van der Waals surface area (Å²) in [5.74, 6) is 0.784. The largest absolute Gasteiger partial charge is 0.374 e. The summed E-state index contributed by atoms with van der Waals surface area (Å²) in [6, 6.07) is 0. The highest BCUT2D eigenvalue weighted by atomic mass is 15.4. The van der Waals surface area contributed by atoms with Crippen molar-refractivity contribution >= 4 is 7.41 Å². The van der Waals surface area contributed by atoms with Crippen molar-refractivity contribution in [1.82, 2.24) is 16.1 Å². The zero-order valence-electron chi connectivity index (χ0n) is 5.41. The molecule has 0 atom stereocenters. The third-order valence-electron chi connectivity index (χ3n) is 0.718. The predicted molar refractivity (Wildman–Crippen MR) is 37.5 cm³/mol. The Labute approximate surface area is 50.8 Å². The molecule has 0 saturated heterocycles. The zero-order chi connectivity index (χ0) is 6.41. The van der Waals surface area contributed by atoms with Gasteiger partial charge >= 0.3 is 0 Å². The summed E-state index contributed by atoms with van der Waals surface area (Å²) in [7, 11) is 2.70. The Morgan fingerprint density at radius 3 is 2.62 bits per heavy atom. The average molecular weight is 113 g/mol. The normalized spacial score (nSPS) is 7.75. The molecule has 0 aliphatic rings. The highest BCUT2D eigenvalue weighted by molar-refractivity contribution is 6.29. The van der Waals surface area contributed by atoms with E-state index in [0.717, 1.165) is 13.2 Å². The second kappa shape index (κ2) is 4.52. The Balaban J connectivity index is 2.99. The molecular weight excluding hydrogens is 101 g/mol. The second-order valence-corrected chi connectivity index (χ2v) is 1.38. The standard InChI is InChI=1S/C4H12BN3/c1-4(6-3)7-8-5-2/h5-8H,1H2,2-3H3. The monoisotopic (exact) mass is 113 g/mol. The van der Waals surface area contributed by atoms with E-state index in [1.807, 2.05) is 13.9 Å². The first-order chi connectivity index (χ1) is 3.81. The van der Waals surface area contributed by atoms with Gasteiger partial charge < -0.3 is 10.7 Å². The van der Waals surface area contributed by atoms with E-state index < -0.39 is 0 Å². The molecule has 0 aromatic heterocycles. The van der Waals surface area contributed by atoms with Crippen LogP contribution >= 0.6 is 0 Å². The molecule has 0 radical (unpaired) electrons. The van der Waals surface area contributed by atoms with E-state index in [-0.39, 0.29) is 0 Å². The molecule has 0 unspecified atom stereocenters. The summed E-state index contributed by atoms with van der Waals surface area (Å²) in [6.45, 7) is 5.64. The molecule has 4 heteroatoms. The molecule has 0 saturated carbocycles. The molecule has 0 aromatic rings. The quantitative estimate of drug-likeness (QED) is 0.329. The van der Waals surface area contributed by atoms with Gasteiger partial charge in [-0.1, -0.05) is 13.4 Å². The van der Waals surface area contributed by atoms with Crippen LogP contribution in [0.2, 0.25) is 6.82 Å². The van der Waals surface area contributed by atoms with Gasteiger partial charge in [0.15, 0.2) is 0 Å². The van der Waals surface area contributed by atoms with Crippen molar-refractivity contribution in [3.05, 3.63) is 12.4 Å². The molecule has 0 heterocycles. The third kappa shape index (κ3) is 3.55. The van der Waals surface area contributed by atoms with Gasteiger partial charge in [-0.05, 0) is 0 Å². The van der Waals surface area contributed by atoms with Gasteiger partial charge in [0.25, 0.3) is 0 Å². The molecule has 0 aliphatic carbocycles. The van der Waals surface area contributed by atoms with Gasteiger partial charge in [0.1, 0.15) is 5.82 Å². The van der Waals surface area contributed by atoms with Gasteiger partial charge in [-0.2, -0.15) is 0 Å². The lowest BCUT2D eigenvalue weighted by Gasteiger charge is -2.06. The molecule has 0 bridgehead atoms. The molecule has 0 aliphatic heterocycles. The van der Waals surface area contributed by atoms with E-state index in [4.69, 9.17) is 0 Å². The maximum Gasteiger partial charge on any atom is 0.222 e. The molecule has 3 N–H and O–H groups in total. The first kappa shape index (κ1) is 7.36. The van der Waals surface area contributed by atoms with Crippen molar-refractivity contribution in [3.8, 4) is 0 Å². The smallest absolute Gasteiger partial charge is 0.222 e. The lowest BCUT2D eigenvalue weighted by molar-refractivity contribution is 0.723. The highest BCUT2D eigenvalue weighted by Gasteiger charge is 1.81. The highest BCUT2D eigenvalue weighted by Crippen LogP contribution is 1.64. The predicted octanol–water partition coefficient (Wildman–Crippen LogP) is -0.829. The molecule has 3 nitrogen and oxygen atoms in total. The van der Waals surface area contributed by atoms with Crippen LogP contribution in [0.15, 0.2) is 12.4 Å². The lowest BCUT2D eigenvalue weighted by Crippen LogP contribution is -2.36. The van der Waals surface area contributed by atoms with Gasteiger partial charge in [-0.25, -0.2) is 0 Å². The lowest BCUT2D eigenvalue weighted by atomic mass is 10.0. The van der Waals surface area contributed by atoms with Crippen molar-refractivity contribution in [2.45, 2.75) is 6.82 Å². The van der Waals surface area contributed by atoms with Crippen LogP contribution in [0.4, 0.5) is 0 Å². The van der Waals surface area contributed by atoms with Crippen LogP contribution in [-0.2, 0) is 0 Å². The maximum atomic E-state index is 3.63. The topological polar surface area (TPSA) is 36.1 Å². The minimum absolute atomic E-state index is 0.784. The van der Waals surface area contributed by atoms with Crippen molar-refractivity contribution in [2.24, 2.45) is 0 Å². The van der Waals surface area contributed by atoms with E-state index in [0.29, 0.717) is 0 Å². The van der Waals surface area contributed by atoms with E-state index in [9.17, 15) is 0 Å². The number of hydrogen-bond donors (Lipinski definition) is 3. The molecule has 8 heavy (non-hydrogen) atoms. The molecular formula is C4H12BN3. The summed E-state index contributed by atoms with van der Waals surface area (Å²) in [5.41, 5.74) is 2.83. The first-order valence-corrected chi connectivity index (χ1v) is 2.66. The Morgan fingerprint density at radius 2 is 2.25 bits per heavy atom. The molecule has 0 amide bonds. The Morgan fingerprint density at radius 1 is 1.62 bits per heavy atom. The van der Waals surface area contributed by atoms with Crippen molar-refractivity contribution in [2.75, 3.05) is 7.05 Å². The van der Waals surface area contributed by atoms with Crippen LogP contribution in [0.3, 0.4) is 0 Å². The third-order valence-corrected chi connectivity index (χ3v) is 0.718. The SMILES string of the molecule is C=C(NC)NNBC. The average Bonchev–Trinajstić information content (AvgIpc) is 1.83. The summed E-state index contributed by atoms with van der Waals surface area (Å²) in [4.78, 5) is 0. The van der Waals surface area contributed by atoms with Crippen molar-refractivity contribution < 1.29 is 0 Å². The number of rotatable bonds is 4. The van der Waals surface area contributed by atoms with E-state index in [1.165, 1.54) is 0 Å².